The minimum atomic E-state index is -0.0181. The van der Waals surface area contributed by atoms with Gasteiger partial charge in [0, 0.05) is 36.1 Å². The molecule has 1 saturated heterocycles. The van der Waals surface area contributed by atoms with E-state index in [9.17, 15) is 4.79 Å². The zero-order valence-electron chi connectivity index (χ0n) is 14.4. The monoisotopic (exact) mass is 333 g/mol. The second-order valence-electron chi connectivity index (χ2n) is 6.81. The number of aromatic nitrogens is 1. The number of hydrogen-bond donors (Lipinski definition) is 2. The lowest BCUT2D eigenvalue weighted by Crippen LogP contribution is -2.37. The molecule has 2 heterocycles. The number of amides is 1. The van der Waals surface area contributed by atoms with Crippen LogP contribution in [0.15, 0.2) is 60.7 Å². The van der Waals surface area contributed by atoms with Crippen LogP contribution in [0.5, 0.6) is 0 Å². The van der Waals surface area contributed by atoms with Crippen LogP contribution in [0, 0.1) is 0 Å². The molecule has 0 aliphatic carbocycles. The fourth-order valence-electron chi connectivity index (χ4n) is 3.66. The molecule has 3 aromatic rings. The molecular weight excluding hydrogens is 310 g/mol. The highest BCUT2D eigenvalue weighted by atomic mass is 16.2. The summed E-state index contributed by atoms with van der Waals surface area (Å²) in [6.07, 6.45) is 0.989. The maximum Gasteiger partial charge on any atom is 0.267 e. The predicted octanol–water partition coefficient (Wildman–Crippen LogP) is 3.73. The second kappa shape index (κ2) is 6.73. The van der Waals surface area contributed by atoms with E-state index < -0.39 is 0 Å². The molecule has 1 fully saturated rings. The van der Waals surface area contributed by atoms with E-state index >= 15 is 0 Å². The van der Waals surface area contributed by atoms with Crippen molar-refractivity contribution in [2.24, 2.45) is 0 Å². The summed E-state index contributed by atoms with van der Waals surface area (Å²) in [6, 6.07) is 21.0. The Morgan fingerprint density at radius 2 is 1.92 bits per heavy atom. The molecular formula is C21H23N3O. The number of fused-ring (bicyclic) bond motifs is 1. The number of H-pyrrole nitrogens is 1. The van der Waals surface area contributed by atoms with Crippen molar-refractivity contribution in [2.75, 3.05) is 13.1 Å². The maximum absolute atomic E-state index is 12.6. The highest BCUT2D eigenvalue weighted by Crippen LogP contribution is 2.24. The summed E-state index contributed by atoms with van der Waals surface area (Å²) in [5.41, 5.74) is 2.96. The zero-order chi connectivity index (χ0) is 17.2. The summed E-state index contributed by atoms with van der Waals surface area (Å²) >= 11 is 0. The Bertz CT molecular complexity index is 838. The number of rotatable bonds is 4. The Morgan fingerprint density at radius 3 is 2.72 bits per heavy atom. The molecule has 2 N–H and O–H groups in total. The van der Waals surface area contributed by atoms with Crippen LogP contribution in [0.25, 0.3) is 10.9 Å². The molecule has 0 unspecified atom stereocenters. The SMILES string of the molecule is C[C@@H](c1ccccc1)N1CC[C@@H](NC(=O)c2cc3ccccc3[nH]2)C1. The van der Waals surface area contributed by atoms with Gasteiger partial charge in [0.1, 0.15) is 5.69 Å². The molecule has 2 atom stereocenters. The van der Waals surface area contributed by atoms with Gasteiger partial charge in [0.2, 0.25) is 0 Å². The van der Waals surface area contributed by atoms with Gasteiger partial charge in [0.25, 0.3) is 5.91 Å². The van der Waals surface area contributed by atoms with E-state index in [2.05, 4.69) is 46.4 Å². The molecule has 1 aliphatic rings. The van der Waals surface area contributed by atoms with Crippen molar-refractivity contribution in [3.8, 4) is 0 Å². The second-order valence-corrected chi connectivity index (χ2v) is 6.81. The number of aromatic amines is 1. The third-order valence-electron chi connectivity index (χ3n) is 5.16. The summed E-state index contributed by atoms with van der Waals surface area (Å²) < 4.78 is 0. The van der Waals surface area contributed by atoms with Crippen LogP contribution in [0.2, 0.25) is 0 Å². The first-order valence-corrected chi connectivity index (χ1v) is 8.88. The molecule has 2 aromatic carbocycles. The number of nitrogens with zero attached hydrogens (tertiary/aromatic N) is 1. The van der Waals surface area contributed by atoms with E-state index in [0.717, 1.165) is 30.4 Å². The van der Waals surface area contributed by atoms with Gasteiger partial charge < -0.3 is 10.3 Å². The number of nitrogens with one attached hydrogen (secondary N) is 2. The van der Waals surface area contributed by atoms with Crippen molar-refractivity contribution in [1.29, 1.82) is 0 Å². The van der Waals surface area contributed by atoms with Gasteiger partial charge in [-0.2, -0.15) is 0 Å². The van der Waals surface area contributed by atoms with Crippen molar-refractivity contribution in [3.05, 3.63) is 71.9 Å². The number of hydrogen-bond acceptors (Lipinski definition) is 2. The van der Waals surface area contributed by atoms with Gasteiger partial charge in [0.15, 0.2) is 0 Å². The molecule has 25 heavy (non-hydrogen) atoms. The predicted molar refractivity (Wildman–Crippen MR) is 101 cm³/mol. The summed E-state index contributed by atoms with van der Waals surface area (Å²) in [5, 5.41) is 4.25. The van der Waals surface area contributed by atoms with Crippen LogP contribution in [-0.4, -0.2) is 34.9 Å². The average Bonchev–Trinajstić information content (AvgIpc) is 3.28. The van der Waals surface area contributed by atoms with Gasteiger partial charge in [-0.1, -0.05) is 48.5 Å². The van der Waals surface area contributed by atoms with E-state index in [1.807, 2.05) is 36.4 Å². The molecule has 4 nitrogen and oxygen atoms in total. The Labute approximate surface area is 147 Å². The third-order valence-corrected chi connectivity index (χ3v) is 5.16. The molecule has 1 aliphatic heterocycles. The number of carbonyl (C=O) groups is 1. The quantitative estimate of drug-likeness (QED) is 0.764. The summed E-state index contributed by atoms with van der Waals surface area (Å²) in [7, 11) is 0. The van der Waals surface area contributed by atoms with Crippen LogP contribution >= 0.6 is 0 Å². The number of carbonyl (C=O) groups excluding carboxylic acids is 1. The molecule has 1 aromatic heterocycles. The van der Waals surface area contributed by atoms with E-state index in [1.54, 1.807) is 0 Å². The van der Waals surface area contributed by atoms with E-state index in [4.69, 9.17) is 0 Å². The van der Waals surface area contributed by atoms with Crippen LogP contribution in [0.1, 0.15) is 35.4 Å². The first-order valence-electron chi connectivity index (χ1n) is 8.88. The van der Waals surface area contributed by atoms with Crippen LogP contribution in [-0.2, 0) is 0 Å². The van der Waals surface area contributed by atoms with Crippen LogP contribution in [0.3, 0.4) is 0 Å². The van der Waals surface area contributed by atoms with Crippen molar-refractivity contribution >= 4 is 16.8 Å². The van der Waals surface area contributed by atoms with Gasteiger partial charge in [-0.15, -0.1) is 0 Å². The molecule has 0 radical (unpaired) electrons. The number of benzene rings is 2. The summed E-state index contributed by atoms with van der Waals surface area (Å²) in [4.78, 5) is 18.2. The smallest absolute Gasteiger partial charge is 0.267 e. The molecule has 0 saturated carbocycles. The largest absolute Gasteiger partial charge is 0.351 e. The molecule has 4 heteroatoms. The molecule has 128 valence electrons. The van der Waals surface area contributed by atoms with E-state index in [-0.39, 0.29) is 11.9 Å². The minimum Gasteiger partial charge on any atom is -0.351 e. The van der Waals surface area contributed by atoms with E-state index in [1.165, 1.54) is 5.56 Å². The molecule has 4 rings (SSSR count). The van der Waals surface area contributed by atoms with E-state index in [0.29, 0.717) is 11.7 Å². The van der Waals surface area contributed by atoms with Crippen molar-refractivity contribution in [1.82, 2.24) is 15.2 Å². The maximum atomic E-state index is 12.6. The van der Waals surface area contributed by atoms with Gasteiger partial charge in [-0.3, -0.25) is 9.69 Å². The Balaban J connectivity index is 1.39. The number of para-hydroxylation sites is 1. The zero-order valence-corrected chi connectivity index (χ0v) is 14.4. The highest BCUT2D eigenvalue weighted by molar-refractivity contribution is 5.98. The normalized spacial score (nSPS) is 19.2. The van der Waals surface area contributed by atoms with Gasteiger partial charge in [-0.05, 0) is 31.0 Å². The average molecular weight is 333 g/mol. The first kappa shape index (κ1) is 15.9. The minimum absolute atomic E-state index is 0.0181. The number of likely N-dealkylation sites (tertiary alicyclic amines) is 1. The molecule has 0 spiro atoms. The Morgan fingerprint density at radius 1 is 1.16 bits per heavy atom. The van der Waals surface area contributed by atoms with Crippen LogP contribution < -0.4 is 5.32 Å². The molecule has 0 bridgehead atoms. The summed E-state index contributed by atoms with van der Waals surface area (Å²) in [6.45, 7) is 4.13. The summed E-state index contributed by atoms with van der Waals surface area (Å²) in [5.74, 6) is -0.0181. The topological polar surface area (TPSA) is 48.1 Å². The van der Waals surface area contributed by atoms with Gasteiger partial charge in [0.05, 0.1) is 0 Å². The van der Waals surface area contributed by atoms with Crippen molar-refractivity contribution in [3.63, 3.8) is 0 Å². The van der Waals surface area contributed by atoms with Gasteiger partial charge >= 0.3 is 0 Å². The standard InChI is InChI=1S/C21H23N3O/c1-15(16-7-3-2-4-8-16)24-12-11-18(14-24)22-21(25)20-13-17-9-5-6-10-19(17)23-20/h2-10,13,15,18,23H,11-12,14H2,1H3,(H,22,25)/t15-,18+/m0/s1. The lowest BCUT2D eigenvalue weighted by Gasteiger charge is -2.24. The van der Waals surface area contributed by atoms with Crippen molar-refractivity contribution < 1.29 is 4.79 Å². The third kappa shape index (κ3) is 3.30. The van der Waals surface area contributed by atoms with Gasteiger partial charge in [-0.25, -0.2) is 0 Å². The van der Waals surface area contributed by atoms with Crippen LogP contribution in [0.4, 0.5) is 0 Å². The highest BCUT2D eigenvalue weighted by Gasteiger charge is 2.28. The van der Waals surface area contributed by atoms with Crippen molar-refractivity contribution in [2.45, 2.75) is 25.4 Å². The Kier molecular flexibility index (Phi) is 4.28. The Hall–Kier alpha value is -2.59. The molecule has 1 amide bonds. The fraction of sp³-hybridized carbons (Fsp3) is 0.286. The fourth-order valence-corrected chi connectivity index (χ4v) is 3.66. The lowest BCUT2D eigenvalue weighted by molar-refractivity contribution is 0.0932. The lowest BCUT2D eigenvalue weighted by atomic mass is 10.1. The first-order chi connectivity index (χ1) is 12.2.